The molecule has 0 atom stereocenters. The summed E-state index contributed by atoms with van der Waals surface area (Å²) in [6, 6.07) is 12.7. The van der Waals surface area contributed by atoms with Gasteiger partial charge in [-0.05, 0) is 43.7 Å². The Morgan fingerprint density at radius 1 is 1.10 bits per heavy atom. The summed E-state index contributed by atoms with van der Waals surface area (Å²) in [6.07, 6.45) is -0.00285. The minimum atomic E-state index is -0.614. The topological polar surface area (TPSA) is 90.7 Å². The number of para-hydroxylation sites is 1. The van der Waals surface area contributed by atoms with Gasteiger partial charge in [0.1, 0.15) is 23.9 Å². The maximum atomic E-state index is 13.5. The number of rotatable bonds is 8. The lowest BCUT2D eigenvalue weighted by Crippen LogP contribution is -2.22. The molecule has 7 nitrogen and oxygen atoms in total. The summed E-state index contributed by atoms with van der Waals surface area (Å²) in [5.74, 6) is -0.393. The molecule has 0 bridgehead atoms. The quantitative estimate of drug-likeness (QED) is 0.567. The molecular formula is C22H21FN2O5. The number of nitrogens with one attached hydrogen (secondary N) is 1. The van der Waals surface area contributed by atoms with Gasteiger partial charge in [-0.15, -0.1) is 0 Å². The highest BCUT2D eigenvalue weighted by molar-refractivity contribution is 5.93. The fourth-order valence-corrected chi connectivity index (χ4v) is 2.68. The monoisotopic (exact) mass is 412 g/mol. The molecule has 0 fully saturated rings. The molecule has 0 radical (unpaired) electrons. The zero-order valence-electron chi connectivity index (χ0n) is 16.6. The number of anilines is 1. The molecule has 0 saturated heterocycles. The Labute approximate surface area is 172 Å². The van der Waals surface area contributed by atoms with Crippen LogP contribution in [-0.4, -0.2) is 23.6 Å². The minimum Gasteiger partial charge on any atom is -0.489 e. The van der Waals surface area contributed by atoms with Gasteiger partial charge >= 0.3 is 5.97 Å². The first-order valence-corrected chi connectivity index (χ1v) is 9.26. The van der Waals surface area contributed by atoms with Crippen LogP contribution in [0.1, 0.15) is 22.6 Å². The van der Waals surface area contributed by atoms with Crippen LogP contribution in [0.15, 0.2) is 53.1 Å². The van der Waals surface area contributed by atoms with Gasteiger partial charge in [-0.1, -0.05) is 29.4 Å². The number of benzene rings is 2. The van der Waals surface area contributed by atoms with Crippen LogP contribution in [0.25, 0.3) is 0 Å². The van der Waals surface area contributed by atoms with Crippen LogP contribution in [0.3, 0.4) is 0 Å². The van der Waals surface area contributed by atoms with E-state index in [-0.39, 0.29) is 12.1 Å². The lowest BCUT2D eigenvalue weighted by Gasteiger charge is -2.08. The first-order valence-electron chi connectivity index (χ1n) is 9.26. The molecule has 3 aromatic rings. The van der Waals surface area contributed by atoms with Crippen LogP contribution in [0.2, 0.25) is 0 Å². The Kier molecular flexibility index (Phi) is 6.79. The average Bonchev–Trinajstić information content (AvgIpc) is 3.05. The molecule has 1 heterocycles. The molecule has 30 heavy (non-hydrogen) atoms. The summed E-state index contributed by atoms with van der Waals surface area (Å²) in [5.41, 5.74) is 2.42. The van der Waals surface area contributed by atoms with Crippen molar-refractivity contribution in [2.75, 3.05) is 11.9 Å². The van der Waals surface area contributed by atoms with Crippen LogP contribution in [0, 0.1) is 19.7 Å². The molecule has 156 valence electrons. The number of halogens is 1. The minimum absolute atomic E-state index is 0.00285. The van der Waals surface area contributed by atoms with E-state index in [1.807, 2.05) is 13.8 Å². The van der Waals surface area contributed by atoms with Crippen molar-refractivity contribution < 1.29 is 28.0 Å². The summed E-state index contributed by atoms with van der Waals surface area (Å²) in [6.45, 7) is 3.51. The van der Waals surface area contributed by atoms with Crippen LogP contribution < -0.4 is 10.1 Å². The molecule has 1 aromatic heterocycles. The van der Waals surface area contributed by atoms with E-state index < -0.39 is 24.3 Å². The van der Waals surface area contributed by atoms with E-state index in [2.05, 4.69) is 10.5 Å². The van der Waals surface area contributed by atoms with Crippen molar-refractivity contribution in [3.63, 3.8) is 0 Å². The molecule has 0 aliphatic carbocycles. The lowest BCUT2D eigenvalue weighted by molar-refractivity contribution is -0.146. The van der Waals surface area contributed by atoms with E-state index in [0.29, 0.717) is 23.7 Å². The third kappa shape index (κ3) is 5.66. The van der Waals surface area contributed by atoms with Crippen LogP contribution in [-0.2, 0) is 27.4 Å². The van der Waals surface area contributed by atoms with E-state index in [0.717, 1.165) is 11.3 Å². The van der Waals surface area contributed by atoms with Gasteiger partial charge in [0, 0.05) is 0 Å². The number of esters is 1. The number of hydrogen-bond donors (Lipinski definition) is 1. The Balaban J connectivity index is 1.44. The Morgan fingerprint density at radius 3 is 2.50 bits per heavy atom. The summed E-state index contributed by atoms with van der Waals surface area (Å²) in [7, 11) is 0. The van der Waals surface area contributed by atoms with Crippen molar-refractivity contribution in [1.82, 2.24) is 5.16 Å². The molecule has 1 amide bonds. The van der Waals surface area contributed by atoms with E-state index in [4.69, 9.17) is 14.0 Å². The fraction of sp³-hybridized carbons (Fsp3) is 0.227. The first kappa shape index (κ1) is 21.0. The smallest absolute Gasteiger partial charge is 0.310 e. The summed E-state index contributed by atoms with van der Waals surface area (Å²) >= 11 is 0. The molecule has 3 rings (SSSR count). The number of carbonyl (C=O) groups is 2. The van der Waals surface area contributed by atoms with Gasteiger partial charge in [0.25, 0.3) is 5.91 Å². The van der Waals surface area contributed by atoms with E-state index in [1.165, 1.54) is 18.2 Å². The lowest BCUT2D eigenvalue weighted by atomic mass is 10.1. The number of hydrogen-bond acceptors (Lipinski definition) is 6. The predicted octanol–water partition coefficient (Wildman–Crippen LogP) is 3.73. The summed E-state index contributed by atoms with van der Waals surface area (Å²) < 4.78 is 29.3. The van der Waals surface area contributed by atoms with Gasteiger partial charge in [0.2, 0.25) is 0 Å². The SMILES string of the molecule is Cc1noc(C)c1COc1ccc(CC(=O)OCC(=O)Nc2ccccc2F)cc1. The normalized spacial score (nSPS) is 10.5. The highest BCUT2D eigenvalue weighted by Gasteiger charge is 2.12. The van der Waals surface area contributed by atoms with Gasteiger partial charge in [0.15, 0.2) is 6.61 Å². The number of amides is 1. The van der Waals surface area contributed by atoms with Crippen molar-refractivity contribution in [3.05, 3.63) is 76.9 Å². The third-order valence-corrected chi connectivity index (χ3v) is 4.35. The molecule has 0 aliphatic heterocycles. The number of nitrogens with zero attached hydrogens (tertiary/aromatic N) is 1. The molecule has 0 saturated carbocycles. The number of carbonyl (C=O) groups excluding carboxylic acids is 2. The highest BCUT2D eigenvalue weighted by atomic mass is 19.1. The van der Waals surface area contributed by atoms with E-state index in [1.54, 1.807) is 30.3 Å². The van der Waals surface area contributed by atoms with Gasteiger partial charge < -0.3 is 19.3 Å². The molecule has 1 N–H and O–H groups in total. The molecule has 0 spiro atoms. The van der Waals surface area contributed by atoms with Crippen LogP contribution in [0.5, 0.6) is 5.75 Å². The average molecular weight is 412 g/mol. The number of aromatic nitrogens is 1. The number of ether oxygens (including phenoxy) is 2. The summed E-state index contributed by atoms with van der Waals surface area (Å²) in [4.78, 5) is 23.8. The Hall–Kier alpha value is -3.68. The zero-order valence-corrected chi connectivity index (χ0v) is 16.6. The second-order valence-corrected chi connectivity index (χ2v) is 6.60. The van der Waals surface area contributed by atoms with Crippen molar-refractivity contribution >= 4 is 17.6 Å². The van der Waals surface area contributed by atoms with Gasteiger partial charge in [-0.25, -0.2) is 4.39 Å². The largest absolute Gasteiger partial charge is 0.489 e. The van der Waals surface area contributed by atoms with E-state index >= 15 is 0 Å². The van der Waals surface area contributed by atoms with Crippen LogP contribution >= 0.6 is 0 Å². The molecular weight excluding hydrogens is 391 g/mol. The van der Waals surface area contributed by atoms with Crippen LogP contribution in [0.4, 0.5) is 10.1 Å². The predicted molar refractivity (Wildman–Crippen MR) is 106 cm³/mol. The first-order chi connectivity index (χ1) is 14.4. The van der Waals surface area contributed by atoms with Crippen molar-refractivity contribution in [3.8, 4) is 5.75 Å². The Morgan fingerprint density at radius 2 is 1.83 bits per heavy atom. The number of aryl methyl sites for hydroxylation is 2. The maximum Gasteiger partial charge on any atom is 0.310 e. The molecule has 8 heteroatoms. The summed E-state index contributed by atoms with van der Waals surface area (Å²) in [5, 5.41) is 6.23. The highest BCUT2D eigenvalue weighted by Crippen LogP contribution is 2.18. The second-order valence-electron chi connectivity index (χ2n) is 6.60. The standard InChI is InChI=1S/C22H21FN2O5/c1-14-18(15(2)30-25-14)12-28-17-9-7-16(8-10-17)11-22(27)29-13-21(26)24-20-6-4-3-5-19(20)23/h3-10H,11-13H2,1-2H3,(H,24,26). The second kappa shape index (κ2) is 9.69. The van der Waals surface area contributed by atoms with Gasteiger partial charge in [-0.2, -0.15) is 0 Å². The molecule has 0 aliphatic rings. The maximum absolute atomic E-state index is 13.5. The third-order valence-electron chi connectivity index (χ3n) is 4.35. The van der Waals surface area contributed by atoms with E-state index in [9.17, 15) is 14.0 Å². The molecule has 2 aromatic carbocycles. The van der Waals surface area contributed by atoms with Crippen molar-refractivity contribution in [1.29, 1.82) is 0 Å². The van der Waals surface area contributed by atoms with Crippen molar-refractivity contribution in [2.45, 2.75) is 26.9 Å². The fourth-order valence-electron chi connectivity index (χ4n) is 2.68. The van der Waals surface area contributed by atoms with Crippen molar-refractivity contribution in [2.24, 2.45) is 0 Å². The zero-order chi connectivity index (χ0) is 21.5. The van der Waals surface area contributed by atoms with Gasteiger partial charge in [-0.3, -0.25) is 9.59 Å². The van der Waals surface area contributed by atoms with Gasteiger partial charge in [0.05, 0.1) is 23.4 Å². The molecule has 0 unspecified atom stereocenters. The Bertz CT molecular complexity index is 1010.